The van der Waals surface area contributed by atoms with Gasteiger partial charge in [-0.05, 0) is 35.0 Å². The molecule has 0 aliphatic heterocycles. The smallest absolute Gasteiger partial charge is 0.213 e. The van der Waals surface area contributed by atoms with Gasteiger partial charge in [-0.3, -0.25) is 0 Å². The molecule has 4 nitrogen and oxygen atoms in total. The van der Waals surface area contributed by atoms with Crippen LogP contribution < -0.4 is 5.32 Å². The molecule has 5 heteroatoms. The number of hydrogen-bond acceptors (Lipinski definition) is 4. The van der Waals surface area contributed by atoms with Crippen LogP contribution in [0.25, 0.3) is 0 Å². The van der Waals surface area contributed by atoms with Crippen molar-refractivity contribution in [1.82, 2.24) is 4.98 Å². The molecule has 0 unspecified atom stereocenters. The molecule has 0 radical (unpaired) electrons. The summed E-state index contributed by atoms with van der Waals surface area (Å²) in [4.78, 5) is 4.08. The van der Waals surface area contributed by atoms with E-state index in [9.17, 15) is 0 Å². The van der Waals surface area contributed by atoms with Gasteiger partial charge in [-0.2, -0.15) is 5.26 Å². The van der Waals surface area contributed by atoms with E-state index < -0.39 is 0 Å². The number of oxazole rings is 1. The molecule has 1 heterocycles. The molecule has 0 amide bonds. The number of anilines is 1. The molecule has 0 aliphatic rings. The molecule has 86 valence electrons. The van der Waals surface area contributed by atoms with Crippen molar-refractivity contribution in [2.45, 2.75) is 13.5 Å². The van der Waals surface area contributed by atoms with E-state index in [1.807, 2.05) is 25.1 Å². The van der Waals surface area contributed by atoms with Gasteiger partial charge in [0.15, 0.2) is 0 Å². The van der Waals surface area contributed by atoms with Crippen LogP contribution in [-0.4, -0.2) is 4.98 Å². The first-order chi connectivity index (χ1) is 8.20. The molecule has 0 spiro atoms. The summed E-state index contributed by atoms with van der Waals surface area (Å²) in [6, 6.07) is 7.69. The predicted octanol–water partition coefficient (Wildman–Crippen LogP) is 3.23. The molecule has 1 aromatic heterocycles. The minimum Gasteiger partial charge on any atom is -0.444 e. The van der Waals surface area contributed by atoms with Crippen LogP contribution in [-0.2, 0) is 6.54 Å². The number of aromatic nitrogens is 1. The SMILES string of the molecule is Cc1cnc(CNc2cccc(Br)c2C#N)o1. The van der Waals surface area contributed by atoms with Crippen LogP contribution in [0.3, 0.4) is 0 Å². The molecule has 0 saturated carbocycles. The number of nitrogens with one attached hydrogen (secondary N) is 1. The summed E-state index contributed by atoms with van der Waals surface area (Å²) in [5, 5.41) is 12.2. The number of hydrogen-bond donors (Lipinski definition) is 1. The minimum atomic E-state index is 0.457. The zero-order valence-electron chi connectivity index (χ0n) is 9.20. The summed E-state index contributed by atoms with van der Waals surface area (Å²) in [6.45, 7) is 2.30. The Morgan fingerprint density at radius 2 is 2.35 bits per heavy atom. The van der Waals surface area contributed by atoms with Gasteiger partial charge in [0.05, 0.1) is 24.0 Å². The number of nitriles is 1. The van der Waals surface area contributed by atoms with Gasteiger partial charge in [0.1, 0.15) is 11.8 Å². The summed E-state index contributed by atoms with van der Waals surface area (Å²) in [6.07, 6.45) is 1.67. The van der Waals surface area contributed by atoms with Crippen molar-refractivity contribution in [2.24, 2.45) is 0 Å². The summed E-state index contributed by atoms with van der Waals surface area (Å²) in [5.74, 6) is 1.38. The Morgan fingerprint density at radius 1 is 1.53 bits per heavy atom. The highest BCUT2D eigenvalue weighted by Gasteiger charge is 2.06. The first-order valence-corrected chi connectivity index (χ1v) is 5.84. The predicted molar refractivity (Wildman–Crippen MR) is 67.4 cm³/mol. The zero-order valence-corrected chi connectivity index (χ0v) is 10.8. The Morgan fingerprint density at radius 3 is 3.00 bits per heavy atom. The highest BCUT2D eigenvalue weighted by molar-refractivity contribution is 9.10. The molecule has 0 aliphatic carbocycles. The molecule has 1 aromatic carbocycles. The third-order valence-electron chi connectivity index (χ3n) is 2.22. The average Bonchev–Trinajstić information content (AvgIpc) is 2.72. The second-order valence-electron chi connectivity index (χ2n) is 3.49. The molecule has 0 fully saturated rings. The molecule has 0 atom stereocenters. The Hall–Kier alpha value is -1.80. The van der Waals surface area contributed by atoms with Gasteiger partial charge in [0.2, 0.25) is 5.89 Å². The molecule has 2 aromatic rings. The Balaban J connectivity index is 2.14. The number of nitrogens with zero attached hydrogens (tertiary/aromatic N) is 2. The van der Waals surface area contributed by atoms with E-state index >= 15 is 0 Å². The van der Waals surface area contributed by atoms with Gasteiger partial charge in [-0.1, -0.05) is 6.07 Å². The van der Waals surface area contributed by atoms with Gasteiger partial charge >= 0.3 is 0 Å². The van der Waals surface area contributed by atoms with Crippen LogP contribution in [0.15, 0.2) is 33.3 Å². The topological polar surface area (TPSA) is 61.9 Å². The van der Waals surface area contributed by atoms with Crippen molar-refractivity contribution in [3.63, 3.8) is 0 Å². The van der Waals surface area contributed by atoms with Crippen LogP contribution in [0.2, 0.25) is 0 Å². The van der Waals surface area contributed by atoms with E-state index in [1.165, 1.54) is 0 Å². The lowest BCUT2D eigenvalue weighted by atomic mass is 10.2. The number of benzene rings is 1. The van der Waals surface area contributed by atoms with Crippen molar-refractivity contribution in [1.29, 1.82) is 5.26 Å². The third-order valence-corrected chi connectivity index (χ3v) is 2.89. The Labute approximate surface area is 107 Å². The van der Waals surface area contributed by atoms with Crippen LogP contribution in [0.4, 0.5) is 5.69 Å². The van der Waals surface area contributed by atoms with E-state index in [-0.39, 0.29) is 0 Å². The van der Waals surface area contributed by atoms with E-state index in [0.29, 0.717) is 18.0 Å². The van der Waals surface area contributed by atoms with Crippen molar-refractivity contribution in [3.05, 3.63) is 46.1 Å². The molecule has 0 saturated heterocycles. The molecule has 1 N–H and O–H groups in total. The fraction of sp³-hybridized carbons (Fsp3) is 0.167. The van der Waals surface area contributed by atoms with Crippen molar-refractivity contribution in [2.75, 3.05) is 5.32 Å². The molecule has 2 rings (SSSR count). The maximum Gasteiger partial charge on any atom is 0.213 e. The van der Waals surface area contributed by atoms with Gasteiger partial charge < -0.3 is 9.73 Å². The summed E-state index contributed by atoms with van der Waals surface area (Å²) < 4.78 is 6.11. The maximum atomic E-state index is 9.04. The van der Waals surface area contributed by atoms with E-state index in [4.69, 9.17) is 9.68 Å². The first-order valence-electron chi connectivity index (χ1n) is 5.04. The third kappa shape index (κ3) is 2.66. The van der Waals surface area contributed by atoms with Gasteiger partial charge in [0.25, 0.3) is 0 Å². The monoisotopic (exact) mass is 291 g/mol. The lowest BCUT2D eigenvalue weighted by Crippen LogP contribution is -2.01. The highest BCUT2D eigenvalue weighted by atomic mass is 79.9. The van der Waals surface area contributed by atoms with Crippen molar-refractivity contribution >= 4 is 21.6 Å². The Kier molecular flexibility index (Phi) is 3.45. The molecule has 0 bridgehead atoms. The van der Waals surface area contributed by atoms with Gasteiger partial charge in [0, 0.05) is 4.47 Å². The maximum absolute atomic E-state index is 9.04. The van der Waals surface area contributed by atoms with Crippen LogP contribution in [0, 0.1) is 18.3 Å². The van der Waals surface area contributed by atoms with E-state index in [2.05, 4.69) is 32.3 Å². The Bertz CT molecular complexity index is 571. The normalized spacial score (nSPS) is 9.94. The van der Waals surface area contributed by atoms with E-state index in [1.54, 1.807) is 6.20 Å². The van der Waals surface area contributed by atoms with Crippen LogP contribution >= 0.6 is 15.9 Å². The van der Waals surface area contributed by atoms with E-state index in [0.717, 1.165) is 15.9 Å². The lowest BCUT2D eigenvalue weighted by Gasteiger charge is -2.06. The van der Waals surface area contributed by atoms with Crippen molar-refractivity contribution < 1.29 is 4.42 Å². The van der Waals surface area contributed by atoms with Gasteiger partial charge in [-0.15, -0.1) is 0 Å². The average molecular weight is 292 g/mol. The second kappa shape index (κ2) is 5.02. The lowest BCUT2D eigenvalue weighted by molar-refractivity contribution is 0.479. The minimum absolute atomic E-state index is 0.457. The van der Waals surface area contributed by atoms with Gasteiger partial charge in [-0.25, -0.2) is 4.98 Å². The second-order valence-corrected chi connectivity index (χ2v) is 4.35. The quantitative estimate of drug-likeness (QED) is 0.943. The standard InChI is InChI=1S/C12H10BrN3O/c1-8-6-16-12(17-8)7-15-11-4-2-3-10(13)9(11)5-14/h2-4,6,15H,7H2,1H3. The number of aryl methyl sites for hydroxylation is 1. The fourth-order valence-corrected chi connectivity index (χ4v) is 1.89. The number of halogens is 1. The highest BCUT2D eigenvalue weighted by Crippen LogP contribution is 2.24. The molecule has 17 heavy (non-hydrogen) atoms. The van der Waals surface area contributed by atoms with Crippen LogP contribution in [0.5, 0.6) is 0 Å². The van der Waals surface area contributed by atoms with Crippen LogP contribution in [0.1, 0.15) is 17.2 Å². The van der Waals surface area contributed by atoms with Crippen molar-refractivity contribution in [3.8, 4) is 6.07 Å². The largest absolute Gasteiger partial charge is 0.444 e. The summed E-state index contributed by atoms with van der Waals surface area (Å²) >= 11 is 3.34. The first kappa shape index (κ1) is 11.7. The number of rotatable bonds is 3. The fourth-order valence-electron chi connectivity index (χ4n) is 1.44. The molecular formula is C12H10BrN3O. The summed E-state index contributed by atoms with van der Waals surface area (Å²) in [5.41, 5.74) is 1.34. The summed E-state index contributed by atoms with van der Waals surface area (Å²) in [7, 11) is 0. The zero-order chi connectivity index (χ0) is 12.3. The molecular weight excluding hydrogens is 282 g/mol.